The number of nitrogens with one attached hydrogen (secondary N) is 2. The van der Waals surface area contributed by atoms with Crippen LogP contribution in [-0.2, 0) is 10.5 Å². The van der Waals surface area contributed by atoms with Gasteiger partial charge in [0.05, 0.1) is 16.7 Å². The number of thioether (sulfide) groups is 1. The topological polar surface area (TPSA) is 84.0 Å². The molecule has 8 heteroatoms. The van der Waals surface area contributed by atoms with Crippen molar-refractivity contribution in [1.82, 2.24) is 9.66 Å². The summed E-state index contributed by atoms with van der Waals surface area (Å²) in [6.07, 6.45) is 0. The van der Waals surface area contributed by atoms with Gasteiger partial charge in [-0.3, -0.25) is 15.0 Å². The van der Waals surface area contributed by atoms with Crippen molar-refractivity contribution in [3.8, 4) is 0 Å². The van der Waals surface area contributed by atoms with Gasteiger partial charge in [-0.1, -0.05) is 30.3 Å². The number of hydrogen-bond donors (Lipinski definition) is 2. The lowest BCUT2D eigenvalue weighted by Gasteiger charge is -2.08. The highest BCUT2D eigenvalue weighted by Crippen LogP contribution is 2.15. The average Bonchev–Trinajstić information content (AvgIpc) is 2.60. The van der Waals surface area contributed by atoms with Crippen molar-refractivity contribution in [3.05, 3.63) is 80.7 Å². The van der Waals surface area contributed by atoms with Gasteiger partial charge in [0.15, 0.2) is 0 Å². The molecule has 3 rings (SSSR count). The highest BCUT2D eigenvalue weighted by Gasteiger charge is 2.10. The Morgan fingerprint density at radius 3 is 2.64 bits per heavy atom. The summed E-state index contributed by atoms with van der Waals surface area (Å²) < 4.78 is 14.2. The Morgan fingerprint density at radius 2 is 1.84 bits per heavy atom. The number of nitrogens with zero attached hydrogens (tertiary/aromatic N) is 1. The number of fused-ring (bicyclic) bond motifs is 1. The van der Waals surface area contributed by atoms with Crippen LogP contribution in [0.25, 0.3) is 10.9 Å². The Hall–Kier alpha value is -2.87. The molecule has 1 heterocycles. The molecule has 2 N–H and O–H groups in total. The van der Waals surface area contributed by atoms with E-state index in [9.17, 15) is 18.8 Å². The van der Waals surface area contributed by atoms with Crippen molar-refractivity contribution in [2.45, 2.75) is 5.75 Å². The van der Waals surface area contributed by atoms with Crippen LogP contribution in [0.1, 0.15) is 5.56 Å². The molecule has 0 radical (unpaired) electrons. The SMILES string of the molecule is O=C(CSCc1ccccc1F)Nn1c(=O)[nH]c2ccccc2c1=O. The van der Waals surface area contributed by atoms with E-state index in [1.165, 1.54) is 17.8 Å². The second kappa shape index (κ2) is 7.35. The highest BCUT2D eigenvalue weighted by molar-refractivity contribution is 7.99. The summed E-state index contributed by atoms with van der Waals surface area (Å²) in [6, 6.07) is 12.8. The van der Waals surface area contributed by atoms with Crippen LogP contribution in [0.3, 0.4) is 0 Å². The lowest BCUT2D eigenvalue weighted by Crippen LogP contribution is -2.44. The molecule has 0 aliphatic heterocycles. The van der Waals surface area contributed by atoms with Crippen molar-refractivity contribution in [2.24, 2.45) is 0 Å². The molecule has 0 spiro atoms. The molecule has 3 aromatic rings. The first kappa shape index (κ1) is 17.0. The summed E-state index contributed by atoms with van der Waals surface area (Å²) in [5, 5.41) is 0.293. The van der Waals surface area contributed by atoms with Crippen molar-refractivity contribution in [2.75, 3.05) is 11.2 Å². The van der Waals surface area contributed by atoms with Crippen molar-refractivity contribution in [1.29, 1.82) is 0 Å². The maximum absolute atomic E-state index is 13.5. The summed E-state index contributed by atoms with van der Waals surface area (Å²) in [5.74, 6) is -0.572. The van der Waals surface area contributed by atoms with Crippen LogP contribution in [0.15, 0.2) is 58.1 Å². The molecular weight excluding hydrogens is 345 g/mol. The van der Waals surface area contributed by atoms with E-state index in [4.69, 9.17) is 0 Å². The van der Waals surface area contributed by atoms with Gasteiger partial charge in [0.1, 0.15) is 5.82 Å². The van der Waals surface area contributed by atoms with E-state index in [1.54, 1.807) is 42.5 Å². The zero-order valence-corrected chi connectivity index (χ0v) is 13.8. The number of benzene rings is 2. The van der Waals surface area contributed by atoms with Crippen molar-refractivity contribution >= 4 is 28.6 Å². The summed E-state index contributed by atoms with van der Waals surface area (Å²) in [5.41, 5.74) is 1.83. The molecule has 25 heavy (non-hydrogen) atoms. The van der Waals surface area contributed by atoms with E-state index in [2.05, 4.69) is 10.4 Å². The van der Waals surface area contributed by atoms with E-state index in [-0.39, 0.29) is 11.6 Å². The van der Waals surface area contributed by atoms with E-state index in [0.717, 1.165) is 0 Å². The number of H-pyrrole nitrogens is 1. The molecule has 0 unspecified atom stereocenters. The van der Waals surface area contributed by atoms with Gasteiger partial charge in [-0.2, -0.15) is 4.68 Å². The molecule has 0 atom stereocenters. The van der Waals surface area contributed by atoms with Crippen LogP contribution in [0.5, 0.6) is 0 Å². The number of para-hydroxylation sites is 1. The van der Waals surface area contributed by atoms with Gasteiger partial charge in [0, 0.05) is 5.75 Å². The largest absolute Gasteiger partial charge is 0.348 e. The van der Waals surface area contributed by atoms with E-state index in [1.807, 2.05) is 0 Å². The molecule has 0 fully saturated rings. The average molecular weight is 359 g/mol. The zero-order valence-electron chi connectivity index (χ0n) is 13.0. The quantitative estimate of drug-likeness (QED) is 0.728. The Morgan fingerprint density at radius 1 is 1.12 bits per heavy atom. The number of halogens is 1. The molecule has 0 bridgehead atoms. The molecule has 128 valence electrons. The van der Waals surface area contributed by atoms with E-state index < -0.39 is 17.2 Å². The lowest BCUT2D eigenvalue weighted by molar-refractivity contribution is -0.114. The molecular formula is C17H14FN3O3S. The number of amides is 1. The third-order valence-corrected chi connectivity index (χ3v) is 4.47. The van der Waals surface area contributed by atoms with Gasteiger partial charge in [0.25, 0.3) is 5.56 Å². The normalized spacial score (nSPS) is 10.8. The lowest BCUT2D eigenvalue weighted by atomic mass is 10.2. The van der Waals surface area contributed by atoms with Gasteiger partial charge in [-0.05, 0) is 23.8 Å². The third kappa shape index (κ3) is 3.80. The Kier molecular flexibility index (Phi) is 4.99. The number of hydrogen-bond acceptors (Lipinski definition) is 4. The molecule has 1 amide bonds. The molecule has 0 aliphatic carbocycles. The summed E-state index contributed by atoms with van der Waals surface area (Å²) in [6.45, 7) is 0. The van der Waals surface area contributed by atoms with Crippen molar-refractivity contribution < 1.29 is 9.18 Å². The number of aromatic nitrogens is 2. The highest BCUT2D eigenvalue weighted by atomic mass is 32.2. The van der Waals surface area contributed by atoms with Crippen LogP contribution in [0, 0.1) is 5.82 Å². The fraction of sp³-hybridized carbons (Fsp3) is 0.118. The smallest absolute Gasteiger partial charge is 0.305 e. The summed E-state index contributed by atoms with van der Waals surface area (Å²) >= 11 is 1.18. The molecule has 0 aliphatic rings. The fourth-order valence-electron chi connectivity index (χ4n) is 2.29. The minimum Gasteiger partial charge on any atom is -0.305 e. The maximum atomic E-state index is 13.5. The standard InChI is InChI=1S/C17H14FN3O3S/c18-13-7-3-1-5-11(13)9-25-10-15(22)20-21-16(23)12-6-2-4-8-14(12)19-17(21)24/h1-8H,9-10H2,(H,19,24)(H,20,22). The number of carbonyl (C=O) groups excluding carboxylic acids is 1. The first-order chi connectivity index (χ1) is 12.1. The van der Waals surface area contributed by atoms with Crippen LogP contribution in [0.2, 0.25) is 0 Å². The Bertz CT molecular complexity index is 1040. The minimum atomic E-state index is -0.726. The van der Waals surface area contributed by atoms with Crippen LogP contribution in [-0.4, -0.2) is 21.3 Å². The third-order valence-electron chi connectivity index (χ3n) is 3.49. The van der Waals surface area contributed by atoms with Gasteiger partial charge in [-0.25, -0.2) is 9.18 Å². The maximum Gasteiger partial charge on any atom is 0.348 e. The second-order valence-corrected chi connectivity index (χ2v) is 6.22. The zero-order chi connectivity index (χ0) is 17.8. The van der Waals surface area contributed by atoms with Crippen LogP contribution < -0.4 is 16.7 Å². The number of aromatic amines is 1. The fourth-order valence-corrected chi connectivity index (χ4v) is 3.10. The summed E-state index contributed by atoms with van der Waals surface area (Å²) in [4.78, 5) is 38.8. The molecule has 2 aromatic carbocycles. The Balaban J connectivity index is 1.69. The summed E-state index contributed by atoms with van der Waals surface area (Å²) in [7, 11) is 0. The second-order valence-electron chi connectivity index (χ2n) is 5.24. The molecule has 0 saturated carbocycles. The van der Waals surface area contributed by atoms with Gasteiger partial charge in [0.2, 0.25) is 5.91 Å². The van der Waals surface area contributed by atoms with Crippen LogP contribution >= 0.6 is 11.8 Å². The predicted octanol–water partition coefficient (Wildman–Crippen LogP) is 1.83. The predicted molar refractivity (Wildman–Crippen MR) is 95.8 cm³/mol. The number of rotatable bonds is 5. The van der Waals surface area contributed by atoms with Gasteiger partial charge in [-0.15, -0.1) is 11.8 Å². The molecule has 6 nitrogen and oxygen atoms in total. The minimum absolute atomic E-state index is 0.0208. The van der Waals surface area contributed by atoms with Gasteiger partial charge < -0.3 is 4.98 Å². The van der Waals surface area contributed by atoms with E-state index >= 15 is 0 Å². The van der Waals surface area contributed by atoms with E-state index in [0.29, 0.717) is 26.9 Å². The molecule has 1 aromatic heterocycles. The number of carbonyl (C=O) groups is 1. The first-order valence-corrected chi connectivity index (χ1v) is 8.57. The van der Waals surface area contributed by atoms with Crippen molar-refractivity contribution in [3.63, 3.8) is 0 Å². The first-order valence-electron chi connectivity index (χ1n) is 7.41. The van der Waals surface area contributed by atoms with Gasteiger partial charge >= 0.3 is 5.69 Å². The van der Waals surface area contributed by atoms with Crippen LogP contribution in [0.4, 0.5) is 4.39 Å². The Labute approximate surface area is 145 Å². The monoisotopic (exact) mass is 359 g/mol. The molecule has 0 saturated heterocycles.